The quantitative estimate of drug-likeness (QED) is 0.698. The lowest BCUT2D eigenvalue weighted by Crippen LogP contribution is -2.21. The largest absolute Gasteiger partial charge is 0.493 e. The molecule has 5 nitrogen and oxygen atoms in total. The van der Waals surface area contributed by atoms with Gasteiger partial charge in [-0.1, -0.05) is 19.9 Å². The van der Waals surface area contributed by atoms with Crippen molar-refractivity contribution in [3.8, 4) is 23.0 Å². The van der Waals surface area contributed by atoms with Crippen LogP contribution in [0.1, 0.15) is 29.8 Å². The van der Waals surface area contributed by atoms with E-state index in [1.54, 1.807) is 32.4 Å². The van der Waals surface area contributed by atoms with E-state index in [-0.39, 0.29) is 24.4 Å². The van der Waals surface area contributed by atoms with E-state index in [0.717, 1.165) is 23.5 Å². The van der Waals surface area contributed by atoms with Crippen molar-refractivity contribution in [2.75, 3.05) is 21.0 Å². The first-order valence-corrected chi connectivity index (χ1v) is 8.68. The standard InChI is InChI=1S/C21H24O5/c1-13(9-15-5-7-18-20(10-15)26-12-25-18)14(2)21(22)16-6-8-17(23-3)19(11-16)24-4/h5-8,10-11,13-14H,9,12H2,1-4H3. The molecule has 0 radical (unpaired) electrons. The van der Waals surface area contributed by atoms with E-state index >= 15 is 0 Å². The van der Waals surface area contributed by atoms with Gasteiger partial charge < -0.3 is 18.9 Å². The van der Waals surface area contributed by atoms with Gasteiger partial charge in [-0.2, -0.15) is 0 Å². The highest BCUT2D eigenvalue weighted by Gasteiger charge is 2.24. The van der Waals surface area contributed by atoms with Gasteiger partial charge >= 0.3 is 0 Å². The molecule has 0 fully saturated rings. The Kier molecular flexibility index (Phi) is 5.35. The summed E-state index contributed by atoms with van der Waals surface area (Å²) in [5, 5.41) is 0. The molecule has 0 aliphatic carbocycles. The molecule has 1 heterocycles. The van der Waals surface area contributed by atoms with Gasteiger partial charge in [-0.15, -0.1) is 0 Å². The number of fused-ring (bicyclic) bond motifs is 1. The molecule has 138 valence electrons. The van der Waals surface area contributed by atoms with Crippen LogP contribution in [0.5, 0.6) is 23.0 Å². The molecular formula is C21H24O5. The average molecular weight is 356 g/mol. The molecule has 3 rings (SSSR count). The third-order valence-electron chi connectivity index (χ3n) is 4.93. The van der Waals surface area contributed by atoms with E-state index in [1.807, 2.05) is 25.1 Å². The third kappa shape index (κ3) is 3.62. The number of methoxy groups -OCH3 is 2. The van der Waals surface area contributed by atoms with Crippen LogP contribution in [0.4, 0.5) is 0 Å². The predicted molar refractivity (Wildman–Crippen MR) is 98.5 cm³/mol. The summed E-state index contributed by atoms with van der Waals surface area (Å²) in [6, 6.07) is 11.2. The molecule has 0 spiro atoms. The lowest BCUT2D eigenvalue weighted by Gasteiger charge is -2.20. The fourth-order valence-electron chi connectivity index (χ4n) is 3.13. The Bertz CT molecular complexity index is 799. The van der Waals surface area contributed by atoms with Crippen LogP contribution >= 0.6 is 0 Å². The van der Waals surface area contributed by atoms with Crippen molar-refractivity contribution in [1.29, 1.82) is 0 Å². The van der Waals surface area contributed by atoms with Crippen molar-refractivity contribution < 1.29 is 23.7 Å². The van der Waals surface area contributed by atoms with Crippen molar-refractivity contribution in [2.45, 2.75) is 20.3 Å². The maximum atomic E-state index is 12.9. The lowest BCUT2D eigenvalue weighted by atomic mass is 9.84. The first-order chi connectivity index (χ1) is 12.5. The molecule has 0 saturated heterocycles. The van der Waals surface area contributed by atoms with Gasteiger partial charge in [0.1, 0.15) is 0 Å². The molecule has 0 N–H and O–H groups in total. The number of carbonyl (C=O) groups is 1. The fourth-order valence-corrected chi connectivity index (χ4v) is 3.13. The van der Waals surface area contributed by atoms with Crippen molar-refractivity contribution in [2.24, 2.45) is 11.8 Å². The van der Waals surface area contributed by atoms with Crippen molar-refractivity contribution in [3.63, 3.8) is 0 Å². The molecular weight excluding hydrogens is 332 g/mol. The maximum Gasteiger partial charge on any atom is 0.231 e. The van der Waals surface area contributed by atoms with Crippen LogP contribution in [0, 0.1) is 11.8 Å². The second kappa shape index (κ2) is 7.68. The first-order valence-electron chi connectivity index (χ1n) is 8.68. The normalized spacial score (nSPS) is 14.6. The Morgan fingerprint density at radius 1 is 1.00 bits per heavy atom. The third-order valence-corrected chi connectivity index (χ3v) is 4.93. The summed E-state index contributed by atoms with van der Waals surface area (Å²) in [6.45, 7) is 4.33. The number of hydrogen-bond donors (Lipinski definition) is 0. The summed E-state index contributed by atoms with van der Waals surface area (Å²) < 4.78 is 21.3. The van der Waals surface area contributed by atoms with Crippen molar-refractivity contribution >= 4 is 5.78 Å². The lowest BCUT2D eigenvalue weighted by molar-refractivity contribution is 0.0892. The first kappa shape index (κ1) is 18.1. The van der Waals surface area contributed by atoms with Gasteiger partial charge in [0.15, 0.2) is 28.8 Å². The fraction of sp³-hybridized carbons (Fsp3) is 0.381. The number of carbonyl (C=O) groups excluding carboxylic acids is 1. The van der Waals surface area contributed by atoms with Crippen LogP contribution in [0.2, 0.25) is 0 Å². The Labute approximate surface area is 153 Å². The number of ether oxygens (including phenoxy) is 4. The summed E-state index contributed by atoms with van der Waals surface area (Å²) in [6.07, 6.45) is 0.789. The maximum absolute atomic E-state index is 12.9. The minimum Gasteiger partial charge on any atom is -0.493 e. The summed E-state index contributed by atoms with van der Waals surface area (Å²) in [5.74, 6) is 2.87. The second-order valence-electron chi connectivity index (χ2n) is 6.59. The number of hydrogen-bond acceptors (Lipinski definition) is 5. The Morgan fingerprint density at radius 3 is 2.46 bits per heavy atom. The zero-order valence-corrected chi connectivity index (χ0v) is 15.6. The van der Waals surface area contributed by atoms with Crippen LogP contribution in [-0.2, 0) is 6.42 Å². The molecule has 0 amide bonds. The molecule has 2 aromatic rings. The highest BCUT2D eigenvalue weighted by Crippen LogP contribution is 2.34. The van der Waals surface area contributed by atoms with Gasteiger partial charge in [-0.3, -0.25) is 4.79 Å². The molecule has 2 unspecified atom stereocenters. The number of ketones is 1. The van der Waals surface area contributed by atoms with Crippen molar-refractivity contribution in [3.05, 3.63) is 47.5 Å². The summed E-state index contributed by atoms with van der Waals surface area (Å²) in [7, 11) is 3.15. The molecule has 2 atom stereocenters. The minimum absolute atomic E-state index is 0.0965. The summed E-state index contributed by atoms with van der Waals surface area (Å²) in [4.78, 5) is 12.9. The van der Waals surface area contributed by atoms with E-state index in [2.05, 4.69) is 6.92 Å². The topological polar surface area (TPSA) is 54.0 Å². The molecule has 1 aliphatic rings. The summed E-state index contributed by atoms with van der Waals surface area (Å²) in [5.41, 5.74) is 1.77. The molecule has 2 aromatic carbocycles. The number of benzene rings is 2. The van der Waals surface area contributed by atoms with Gasteiger partial charge in [0.25, 0.3) is 0 Å². The number of rotatable bonds is 7. The highest BCUT2D eigenvalue weighted by atomic mass is 16.7. The Morgan fingerprint density at radius 2 is 1.73 bits per heavy atom. The van der Waals surface area contributed by atoms with Crippen LogP contribution in [0.3, 0.4) is 0 Å². The van der Waals surface area contributed by atoms with Crippen molar-refractivity contribution in [1.82, 2.24) is 0 Å². The van der Waals surface area contributed by atoms with E-state index in [1.165, 1.54) is 0 Å². The molecule has 26 heavy (non-hydrogen) atoms. The Balaban J connectivity index is 1.71. The van der Waals surface area contributed by atoms with Gasteiger partial charge in [-0.05, 0) is 48.2 Å². The molecule has 0 aromatic heterocycles. The smallest absolute Gasteiger partial charge is 0.231 e. The SMILES string of the molecule is COc1ccc(C(=O)C(C)C(C)Cc2ccc3c(c2)OCO3)cc1OC. The van der Waals surface area contributed by atoms with E-state index < -0.39 is 0 Å². The number of Topliss-reactive ketones (excluding diaryl/α,β-unsaturated/α-hetero) is 1. The predicted octanol–water partition coefficient (Wildman–Crippen LogP) is 4.13. The zero-order chi connectivity index (χ0) is 18.7. The van der Waals surface area contributed by atoms with E-state index in [4.69, 9.17) is 18.9 Å². The van der Waals surface area contributed by atoms with Crippen LogP contribution in [-0.4, -0.2) is 26.8 Å². The Hall–Kier alpha value is -2.69. The van der Waals surface area contributed by atoms with E-state index in [9.17, 15) is 4.79 Å². The van der Waals surface area contributed by atoms with Gasteiger partial charge in [-0.25, -0.2) is 0 Å². The average Bonchev–Trinajstić information content (AvgIpc) is 3.13. The molecule has 1 aliphatic heterocycles. The summed E-state index contributed by atoms with van der Waals surface area (Å²) >= 11 is 0. The van der Waals surface area contributed by atoms with Gasteiger partial charge in [0.2, 0.25) is 6.79 Å². The second-order valence-corrected chi connectivity index (χ2v) is 6.59. The van der Waals surface area contributed by atoms with Gasteiger partial charge in [0.05, 0.1) is 14.2 Å². The van der Waals surface area contributed by atoms with Crippen LogP contribution in [0.25, 0.3) is 0 Å². The van der Waals surface area contributed by atoms with Crippen LogP contribution in [0.15, 0.2) is 36.4 Å². The van der Waals surface area contributed by atoms with Gasteiger partial charge in [0, 0.05) is 11.5 Å². The highest BCUT2D eigenvalue weighted by molar-refractivity contribution is 5.98. The van der Waals surface area contributed by atoms with E-state index in [0.29, 0.717) is 17.1 Å². The minimum atomic E-state index is -0.126. The molecule has 0 saturated carbocycles. The molecule has 5 heteroatoms. The monoisotopic (exact) mass is 356 g/mol. The van der Waals surface area contributed by atoms with Crippen LogP contribution < -0.4 is 18.9 Å². The molecule has 0 bridgehead atoms. The zero-order valence-electron chi connectivity index (χ0n) is 15.6.